The van der Waals surface area contributed by atoms with Gasteiger partial charge < -0.3 is 24.3 Å². The van der Waals surface area contributed by atoms with Crippen molar-refractivity contribution in [3.63, 3.8) is 0 Å². The van der Waals surface area contributed by atoms with Crippen LogP contribution >= 0.6 is 11.6 Å². The van der Waals surface area contributed by atoms with Crippen molar-refractivity contribution < 1.29 is 23.8 Å². The molecule has 0 spiro atoms. The molecule has 122 valence electrons. The summed E-state index contributed by atoms with van der Waals surface area (Å²) in [7, 11) is 0. The van der Waals surface area contributed by atoms with Gasteiger partial charge in [-0.2, -0.15) is 0 Å². The summed E-state index contributed by atoms with van der Waals surface area (Å²) < 4.78 is 16.2. The molecule has 1 aliphatic rings. The van der Waals surface area contributed by atoms with Crippen LogP contribution < -0.4 is 14.8 Å². The minimum Gasteiger partial charge on any atom is -0.489 e. The number of nitrogens with one attached hydrogen (secondary N) is 1. The molecule has 1 aromatic heterocycles. The molecule has 1 aromatic carbocycles. The first-order chi connectivity index (χ1) is 11.1. The van der Waals surface area contributed by atoms with E-state index in [0.29, 0.717) is 41.1 Å². The molecule has 2 N–H and O–H groups in total. The first-order valence-corrected chi connectivity index (χ1v) is 7.62. The number of amides is 1. The number of ether oxygens (including phenoxy) is 2. The third-order valence-electron chi connectivity index (χ3n) is 3.39. The second kappa shape index (κ2) is 6.93. The van der Waals surface area contributed by atoms with E-state index in [1.54, 1.807) is 18.2 Å². The molecule has 0 saturated carbocycles. The number of hydrogen-bond acceptors (Lipinski definition) is 5. The summed E-state index contributed by atoms with van der Waals surface area (Å²) in [5, 5.41) is 12.9. The van der Waals surface area contributed by atoms with Crippen LogP contribution in [0.4, 0.5) is 0 Å². The fourth-order valence-electron chi connectivity index (χ4n) is 2.23. The van der Waals surface area contributed by atoms with Crippen molar-refractivity contribution in [3.8, 4) is 11.5 Å². The average Bonchev–Trinajstić information content (AvgIpc) is 2.98. The van der Waals surface area contributed by atoms with Gasteiger partial charge in [-0.1, -0.05) is 11.6 Å². The van der Waals surface area contributed by atoms with Crippen LogP contribution in [0, 0.1) is 0 Å². The lowest BCUT2D eigenvalue weighted by Crippen LogP contribution is -2.28. The van der Waals surface area contributed by atoms with Gasteiger partial charge in [0.1, 0.15) is 11.9 Å². The number of hydrogen-bond donors (Lipinski definition) is 2. The van der Waals surface area contributed by atoms with Crippen LogP contribution in [-0.2, 0) is 0 Å². The summed E-state index contributed by atoms with van der Waals surface area (Å²) in [6.45, 7) is 1.05. The van der Waals surface area contributed by atoms with Crippen molar-refractivity contribution in [1.82, 2.24) is 5.32 Å². The zero-order chi connectivity index (χ0) is 16.2. The number of aliphatic hydroxyl groups is 1. The normalized spacial score (nSPS) is 14.9. The van der Waals surface area contributed by atoms with Gasteiger partial charge in [0, 0.05) is 12.0 Å². The number of rotatable bonds is 4. The van der Waals surface area contributed by atoms with Crippen LogP contribution in [0.15, 0.2) is 34.9 Å². The number of fused-ring (bicyclic) bond motifs is 1. The van der Waals surface area contributed by atoms with E-state index in [1.807, 2.05) is 0 Å². The topological polar surface area (TPSA) is 80.9 Å². The van der Waals surface area contributed by atoms with Gasteiger partial charge in [0.25, 0.3) is 5.91 Å². The lowest BCUT2D eigenvalue weighted by molar-refractivity contribution is 0.0900. The van der Waals surface area contributed by atoms with E-state index >= 15 is 0 Å². The van der Waals surface area contributed by atoms with Crippen LogP contribution in [0.3, 0.4) is 0 Å². The molecule has 7 heteroatoms. The number of benzene rings is 1. The van der Waals surface area contributed by atoms with E-state index in [9.17, 15) is 9.90 Å². The third kappa shape index (κ3) is 3.60. The maximum absolute atomic E-state index is 12.2. The minimum atomic E-state index is -0.912. The summed E-state index contributed by atoms with van der Waals surface area (Å²) in [5.41, 5.74) is 0.339. The molecule has 0 fully saturated rings. The van der Waals surface area contributed by atoms with Gasteiger partial charge in [0.05, 0.1) is 31.0 Å². The Hall–Kier alpha value is -2.18. The number of aliphatic hydroxyl groups excluding tert-OH is 1. The molecule has 6 nitrogen and oxygen atoms in total. The summed E-state index contributed by atoms with van der Waals surface area (Å²) in [6.07, 6.45) is 1.30. The van der Waals surface area contributed by atoms with Gasteiger partial charge in [-0.25, -0.2) is 0 Å². The van der Waals surface area contributed by atoms with E-state index in [4.69, 9.17) is 25.5 Å². The SMILES string of the molecule is O=C(NCC(O)c1ccco1)c1cc(Cl)c2c(c1)OCCCO2. The quantitative estimate of drug-likeness (QED) is 0.896. The van der Waals surface area contributed by atoms with Crippen LogP contribution in [0.2, 0.25) is 5.02 Å². The Bertz CT molecular complexity index is 686. The van der Waals surface area contributed by atoms with Gasteiger partial charge in [-0.05, 0) is 24.3 Å². The average molecular weight is 338 g/mol. The lowest BCUT2D eigenvalue weighted by Gasteiger charge is -2.13. The highest BCUT2D eigenvalue weighted by Crippen LogP contribution is 2.37. The molecule has 23 heavy (non-hydrogen) atoms. The summed E-state index contributed by atoms with van der Waals surface area (Å²) >= 11 is 6.16. The molecule has 3 rings (SSSR count). The van der Waals surface area contributed by atoms with Gasteiger partial charge in [0.15, 0.2) is 11.5 Å². The number of carbonyl (C=O) groups is 1. The Balaban J connectivity index is 1.70. The molecule has 0 aliphatic carbocycles. The van der Waals surface area contributed by atoms with Crippen LogP contribution in [-0.4, -0.2) is 30.8 Å². The predicted octanol–water partition coefficient (Wildman–Crippen LogP) is 2.56. The second-order valence-electron chi connectivity index (χ2n) is 5.08. The van der Waals surface area contributed by atoms with Crippen LogP contribution in [0.25, 0.3) is 0 Å². The zero-order valence-corrected chi connectivity index (χ0v) is 13.0. The minimum absolute atomic E-state index is 0.0262. The van der Waals surface area contributed by atoms with Crippen molar-refractivity contribution in [1.29, 1.82) is 0 Å². The van der Waals surface area contributed by atoms with Crippen molar-refractivity contribution in [3.05, 3.63) is 46.9 Å². The highest BCUT2D eigenvalue weighted by atomic mass is 35.5. The van der Waals surface area contributed by atoms with E-state index in [0.717, 1.165) is 6.42 Å². The molecular formula is C16H16ClNO5. The second-order valence-corrected chi connectivity index (χ2v) is 5.48. The summed E-state index contributed by atoms with van der Waals surface area (Å²) in [5.74, 6) is 0.929. The van der Waals surface area contributed by atoms with E-state index < -0.39 is 6.10 Å². The highest BCUT2D eigenvalue weighted by Gasteiger charge is 2.19. The van der Waals surface area contributed by atoms with E-state index in [2.05, 4.69) is 5.32 Å². The monoisotopic (exact) mass is 337 g/mol. The Morgan fingerprint density at radius 2 is 2.17 bits per heavy atom. The van der Waals surface area contributed by atoms with E-state index in [1.165, 1.54) is 12.3 Å². The smallest absolute Gasteiger partial charge is 0.251 e. The van der Waals surface area contributed by atoms with Gasteiger partial charge in [-0.3, -0.25) is 4.79 Å². The Kier molecular flexibility index (Phi) is 4.73. The fraction of sp³-hybridized carbons (Fsp3) is 0.312. The van der Waals surface area contributed by atoms with Crippen molar-refractivity contribution in [2.24, 2.45) is 0 Å². The Labute approximate surface area is 138 Å². The molecule has 0 radical (unpaired) electrons. The lowest BCUT2D eigenvalue weighted by atomic mass is 10.1. The van der Waals surface area contributed by atoms with Gasteiger partial charge in [0.2, 0.25) is 0 Å². The fourth-order valence-corrected chi connectivity index (χ4v) is 2.50. The standard InChI is InChI=1S/C16H16ClNO5/c17-11-7-10(8-14-15(11)23-6-2-5-22-14)16(20)18-9-12(19)13-3-1-4-21-13/h1,3-4,7-8,12,19H,2,5-6,9H2,(H,18,20). The zero-order valence-electron chi connectivity index (χ0n) is 12.3. The number of carbonyl (C=O) groups excluding carboxylic acids is 1. The van der Waals surface area contributed by atoms with Gasteiger partial charge in [-0.15, -0.1) is 0 Å². The van der Waals surface area contributed by atoms with Crippen molar-refractivity contribution >= 4 is 17.5 Å². The van der Waals surface area contributed by atoms with Gasteiger partial charge >= 0.3 is 0 Å². The number of halogens is 1. The molecule has 1 amide bonds. The summed E-state index contributed by atoms with van der Waals surface area (Å²) in [4.78, 5) is 12.2. The molecule has 0 saturated heterocycles. The third-order valence-corrected chi connectivity index (χ3v) is 3.67. The molecule has 0 bridgehead atoms. The van der Waals surface area contributed by atoms with Crippen LogP contribution in [0.5, 0.6) is 11.5 Å². The van der Waals surface area contributed by atoms with E-state index in [-0.39, 0.29) is 12.5 Å². The number of furan rings is 1. The highest BCUT2D eigenvalue weighted by molar-refractivity contribution is 6.32. The predicted molar refractivity (Wildman–Crippen MR) is 83.1 cm³/mol. The molecule has 2 aromatic rings. The molecule has 1 atom stereocenters. The first kappa shape index (κ1) is 15.7. The Morgan fingerprint density at radius 3 is 2.96 bits per heavy atom. The Morgan fingerprint density at radius 1 is 1.35 bits per heavy atom. The molecule has 2 heterocycles. The first-order valence-electron chi connectivity index (χ1n) is 7.24. The van der Waals surface area contributed by atoms with Crippen LogP contribution in [0.1, 0.15) is 28.6 Å². The molecule has 1 unspecified atom stereocenters. The largest absolute Gasteiger partial charge is 0.489 e. The maximum atomic E-state index is 12.2. The maximum Gasteiger partial charge on any atom is 0.251 e. The van der Waals surface area contributed by atoms with Crippen molar-refractivity contribution in [2.45, 2.75) is 12.5 Å². The van der Waals surface area contributed by atoms with Crippen molar-refractivity contribution in [2.75, 3.05) is 19.8 Å². The summed E-state index contributed by atoms with van der Waals surface area (Å²) in [6, 6.07) is 6.41. The molecule has 1 aliphatic heterocycles. The molecular weight excluding hydrogens is 322 g/mol.